The molecule has 1 unspecified atom stereocenters. The van der Waals surface area contributed by atoms with Gasteiger partial charge >= 0.3 is 0 Å². The SMILES string of the molecule is CCC(N)Cc1cccc(OCCS(=O)(=O)CC)c1. The predicted molar refractivity (Wildman–Crippen MR) is 78.2 cm³/mol. The molecule has 0 heterocycles. The molecule has 1 atom stereocenters. The summed E-state index contributed by atoms with van der Waals surface area (Å²) in [6.07, 6.45) is 1.74. The zero-order valence-electron chi connectivity index (χ0n) is 11.6. The summed E-state index contributed by atoms with van der Waals surface area (Å²) in [5.74, 6) is 0.913. The summed E-state index contributed by atoms with van der Waals surface area (Å²) in [7, 11) is -2.97. The molecule has 1 rings (SSSR count). The highest BCUT2D eigenvalue weighted by Gasteiger charge is 2.08. The van der Waals surface area contributed by atoms with Crippen molar-refractivity contribution in [3.8, 4) is 5.75 Å². The van der Waals surface area contributed by atoms with E-state index in [-0.39, 0.29) is 24.2 Å². The van der Waals surface area contributed by atoms with Crippen molar-refractivity contribution in [1.29, 1.82) is 0 Å². The Morgan fingerprint density at radius 1 is 1.32 bits per heavy atom. The molecule has 108 valence electrons. The number of nitrogens with two attached hydrogens (primary N) is 1. The Kier molecular flexibility index (Phi) is 6.31. The summed E-state index contributed by atoms with van der Waals surface area (Å²) in [6.45, 7) is 3.89. The summed E-state index contributed by atoms with van der Waals surface area (Å²) < 4.78 is 28.2. The molecular weight excluding hydrogens is 262 g/mol. The van der Waals surface area contributed by atoms with Crippen molar-refractivity contribution in [2.75, 3.05) is 18.1 Å². The minimum atomic E-state index is -2.97. The lowest BCUT2D eigenvalue weighted by Crippen LogP contribution is -2.21. The van der Waals surface area contributed by atoms with Gasteiger partial charge in [0, 0.05) is 11.8 Å². The van der Waals surface area contributed by atoms with Crippen LogP contribution < -0.4 is 10.5 Å². The summed E-state index contributed by atoms with van der Waals surface area (Å²) in [6, 6.07) is 7.82. The molecule has 0 aromatic heterocycles. The first-order chi connectivity index (χ1) is 8.96. The van der Waals surface area contributed by atoms with E-state index in [9.17, 15) is 8.42 Å². The van der Waals surface area contributed by atoms with Gasteiger partial charge in [-0.15, -0.1) is 0 Å². The van der Waals surface area contributed by atoms with Crippen LogP contribution >= 0.6 is 0 Å². The van der Waals surface area contributed by atoms with E-state index in [0.29, 0.717) is 5.75 Å². The molecule has 0 saturated heterocycles. The van der Waals surface area contributed by atoms with Crippen LogP contribution in [0.4, 0.5) is 0 Å². The van der Waals surface area contributed by atoms with E-state index in [1.165, 1.54) is 0 Å². The standard InChI is InChI=1S/C14H23NO3S/c1-3-13(15)10-12-6-5-7-14(11-12)18-8-9-19(16,17)4-2/h5-7,11,13H,3-4,8-10,15H2,1-2H3. The molecule has 0 bridgehead atoms. The van der Waals surface area contributed by atoms with Gasteiger partial charge in [-0.25, -0.2) is 8.42 Å². The molecule has 0 aliphatic rings. The monoisotopic (exact) mass is 285 g/mol. The molecule has 0 amide bonds. The minimum Gasteiger partial charge on any atom is -0.493 e. The molecule has 2 N–H and O–H groups in total. The van der Waals surface area contributed by atoms with E-state index in [0.717, 1.165) is 18.4 Å². The Morgan fingerprint density at radius 2 is 2.05 bits per heavy atom. The van der Waals surface area contributed by atoms with Crippen molar-refractivity contribution in [2.24, 2.45) is 5.73 Å². The fourth-order valence-electron chi connectivity index (χ4n) is 1.64. The molecule has 0 spiro atoms. The van der Waals surface area contributed by atoms with Crippen LogP contribution in [0.3, 0.4) is 0 Å². The Hall–Kier alpha value is -1.07. The second kappa shape index (κ2) is 7.50. The van der Waals surface area contributed by atoms with Crippen LogP contribution in [0.5, 0.6) is 5.75 Å². The number of hydrogen-bond acceptors (Lipinski definition) is 4. The van der Waals surface area contributed by atoms with Crippen molar-refractivity contribution >= 4 is 9.84 Å². The van der Waals surface area contributed by atoms with E-state index in [4.69, 9.17) is 10.5 Å². The predicted octanol–water partition coefficient (Wildman–Crippen LogP) is 1.78. The zero-order chi connectivity index (χ0) is 14.3. The second-order valence-electron chi connectivity index (χ2n) is 4.60. The fourth-order valence-corrected chi connectivity index (χ4v) is 2.27. The van der Waals surface area contributed by atoms with Crippen LogP contribution in [0.15, 0.2) is 24.3 Å². The van der Waals surface area contributed by atoms with Gasteiger partial charge < -0.3 is 10.5 Å². The largest absolute Gasteiger partial charge is 0.493 e. The van der Waals surface area contributed by atoms with Gasteiger partial charge in [0.1, 0.15) is 12.4 Å². The minimum absolute atomic E-state index is 0.0577. The fraction of sp³-hybridized carbons (Fsp3) is 0.571. The molecule has 5 heteroatoms. The zero-order valence-corrected chi connectivity index (χ0v) is 12.4. The molecule has 19 heavy (non-hydrogen) atoms. The Labute approximate surface area is 115 Å². The van der Waals surface area contributed by atoms with Gasteiger partial charge in [0.2, 0.25) is 0 Å². The highest BCUT2D eigenvalue weighted by Crippen LogP contribution is 2.15. The van der Waals surface area contributed by atoms with Crippen LogP contribution in [-0.4, -0.2) is 32.6 Å². The van der Waals surface area contributed by atoms with E-state index in [1.807, 2.05) is 24.3 Å². The van der Waals surface area contributed by atoms with E-state index < -0.39 is 9.84 Å². The van der Waals surface area contributed by atoms with Gasteiger partial charge in [0.05, 0.1) is 5.75 Å². The number of rotatable bonds is 8. The number of sulfone groups is 1. The molecule has 0 aliphatic carbocycles. The average molecular weight is 285 g/mol. The second-order valence-corrected chi connectivity index (χ2v) is 7.08. The van der Waals surface area contributed by atoms with Crippen LogP contribution in [0.1, 0.15) is 25.8 Å². The van der Waals surface area contributed by atoms with Crippen LogP contribution in [0.25, 0.3) is 0 Å². The van der Waals surface area contributed by atoms with E-state index in [1.54, 1.807) is 6.92 Å². The van der Waals surface area contributed by atoms with E-state index >= 15 is 0 Å². The van der Waals surface area contributed by atoms with Crippen molar-refractivity contribution in [2.45, 2.75) is 32.7 Å². The number of benzene rings is 1. The Balaban J connectivity index is 2.53. The number of hydrogen-bond donors (Lipinski definition) is 1. The lowest BCUT2D eigenvalue weighted by Gasteiger charge is -2.11. The van der Waals surface area contributed by atoms with Crippen molar-refractivity contribution < 1.29 is 13.2 Å². The molecule has 1 aromatic carbocycles. The molecule has 0 radical (unpaired) electrons. The van der Waals surface area contributed by atoms with Gasteiger partial charge in [0.15, 0.2) is 9.84 Å². The van der Waals surface area contributed by atoms with Gasteiger partial charge in [0.25, 0.3) is 0 Å². The summed E-state index contributed by atoms with van der Waals surface area (Å²) in [4.78, 5) is 0. The number of ether oxygens (including phenoxy) is 1. The highest BCUT2D eigenvalue weighted by atomic mass is 32.2. The first kappa shape index (κ1) is 16.0. The maximum atomic E-state index is 11.3. The normalized spacial score (nSPS) is 13.2. The van der Waals surface area contributed by atoms with Gasteiger partial charge in [-0.2, -0.15) is 0 Å². The lowest BCUT2D eigenvalue weighted by atomic mass is 10.0. The molecule has 4 nitrogen and oxygen atoms in total. The quantitative estimate of drug-likeness (QED) is 0.790. The third kappa shape index (κ3) is 6.07. The molecule has 0 aliphatic heterocycles. The third-order valence-electron chi connectivity index (χ3n) is 3.02. The van der Waals surface area contributed by atoms with Crippen LogP contribution in [-0.2, 0) is 16.3 Å². The van der Waals surface area contributed by atoms with Crippen LogP contribution in [0, 0.1) is 0 Å². The van der Waals surface area contributed by atoms with Crippen molar-refractivity contribution in [3.63, 3.8) is 0 Å². The maximum absolute atomic E-state index is 11.3. The smallest absolute Gasteiger partial charge is 0.153 e. The highest BCUT2D eigenvalue weighted by molar-refractivity contribution is 7.91. The summed E-state index contributed by atoms with van der Waals surface area (Å²) in [5, 5.41) is 0. The first-order valence-corrected chi connectivity index (χ1v) is 8.46. The lowest BCUT2D eigenvalue weighted by molar-refractivity contribution is 0.340. The van der Waals surface area contributed by atoms with Crippen molar-refractivity contribution in [1.82, 2.24) is 0 Å². The molecule has 0 fully saturated rings. The topological polar surface area (TPSA) is 69.4 Å². The first-order valence-electron chi connectivity index (χ1n) is 6.64. The molecular formula is C14H23NO3S. The van der Waals surface area contributed by atoms with Gasteiger partial charge in [-0.3, -0.25) is 0 Å². The van der Waals surface area contributed by atoms with Gasteiger partial charge in [-0.1, -0.05) is 26.0 Å². The van der Waals surface area contributed by atoms with E-state index in [2.05, 4.69) is 6.92 Å². The average Bonchev–Trinajstić information content (AvgIpc) is 2.39. The summed E-state index contributed by atoms with van der Waals surface area (Å²) >= 11 is 0. The summed E-state index contributed by atoms with van der Waals surface area (Å²) in [5.41, 5.74) is 7.03. The molecule has 1 aromatic rings. The van der Waals surface area contributed by atoms with Gasteiger partial charge in [-0.05, 0) is 30.5 Å². The Bertz CT molecular complexity index is 485. The molecule has 0 saturated carbocycles. The third-order valence-corrected chi connectivity index (χ3v) is 4.69. The van der Waals surface area contributed by atoms with Crippen LogP contribution in [0.2, 0.25) is 0 Å². The maximum Gasteiger partial charge on any atom is 0.153 e. The van der Waals surface area contributed by atoms with Crippen molar-refractivity contribution in [3.05, 3.63) is 29.8 Å². The Morgan fingerprint density at radius 3 is 2.68 bits per heavy atom.